The molecule has 268 valence electrons. The van der Waals surface area contributed by atoms with E-state index in [2.05, 4.69) is 132 Å². The van der Waals surface area contributed by atoms with Gasteiger partial charge in [-0.05, 0) is 85.0 Å². The van der Waals surface area contributed by atoms with E-state index in [1.54, 1.807) is 0 Å². The molecule has 0 spiro atoms. The number of benzene rings is 4. The molecule has 0 aliphatic carbocycles. The average molecular weight is 868 g/mol. The molecule has 5 nitrogen and oxygen atoms in total. The topological polar surface area (TPSA) is 44.9 Å². The largest absolute Gasteiger partial charge is 2.00 e. The maximum atomic E-state index is 6.68. The van der Waals surface area contributed by atoms with Gasteiger partial charge in [0.1, 0.15) is 5.82 Å². The molecule has 0 saturated heterocycles. The zero-order valence-electron chi connectivity index (χ0n) is 31.4. The third kappa shape index (κ3) is 7.95. The molecule has 4 aromatic carbocycles. The first-order valence-corrected chi connectivity index (χ1v) is 18.4. The van der Waals surface area contributed by atoms with Gasteiger partial charge in [-0.15, -0.1) is 35.7 Å². The number of unbranched alkanes of at least 4 members (excludes halogenated alkanes) is 2. The van der Waals surface area contributed by atoms with Crippen molar-refractivity contribution < 1.29 is 25.8 Å². The molecule has 0 atom stereocenters. The number of aryl methyl sites for hydroxylation is 4. The van der Waals surface area contributed by atoms with Crippen LogP contribution in [0.4, 0.5) is 0 Å². The van der Waals surface area contributed by atoms with Gasteiger partial charge in [0.05, 0.1) is 5.69 Å². The van der Waals surface area contributed by atoms with Gasteiger partial charge in [-0.1, -0.05) is 101 Å². The molecular weight excluding hydrogens is 820 g/mol. The summed E-state index contributed by atoms with van der Waals surface area (Å²) in [6, 6.07) is 37.3. The van der Waals surface area contributed by atoms with Gasteiger partial charge in [-0.25, -0.2) is 4.98 Å². The van der Waals surface area contributed by atoms with Crippen molar-refractivity contribution in [1.29, 1.82) is 0 Å². The fraction of sp³-hybridized carbons (Fsp3) is 0.304. The summed E-state index contributed by atoms with van der Waals surface area (Å²) in [4.78, 5) is 4.80. The number of ether oxygens (including phenoxy) is 1. The molecular formula is C46H48N4OPt. The van der Waals surface area contributed by atoms with Crippen molar-refractivity contribution in [2.24, 2.45) is 5.41 Å². The number of aromatic nitrogens is 4. The molecule has 0 fully saturated rings. The molecule has 3 aromatic heterocycles. The average Bonchev–Trinajstić information content (AvgIpc) is 3.59. The molecule has 0 saturated carbocycles. The Labute approximate surface area is 323 Å². The third-order valence-corrected chi connectivity index (χ3v) is 9.77. The van der Waals surface area contributed by atoms with Crippen LogP contribution in [-0.4, -0.2) is 19.3 Å². The molecule has 0 aliphatic heterocycles. The molecule has 0 bridgehead atoms. The quantitative estimate of drug-likeness (QED) is 0.0961. The summed E-state index contributed by atoms with van der Waals surface area (Å²) in [5.41, 5.74) is 11.3. The van der Waals surface area contributed by atoms with Crippen LogP contribution in [0, 0.1) is 38.3 Å². The fourth-order valence-electron chi connectivity index (χ4n) is 7.08. The van der Waals surface area contributed by atoms with Crippen LogP contribution in [0.5, 0.6) is 11.5 Å². The predicted octanol–water partition coefficient (Wildman–Crippen LogP) is 12.1. The number of nitrogens with zero attached hydrogens (tertiary/aromatic N) is 4. The van der Waals surface area contributed by atoms with Crippen molar-refractivity contribution in [3.8, 4) is 34.1 Å². The van der Waals surface area contributed by atoms with Gasteiger partial charge in [0, 0.05) is 34.5 Å². The van der Waals surface area contributed by atoms with Crippen LogP contribution >= 0.6 is 0 Å². The Morgan fingerprint density at radius 3 is 2.33 bits per heavy atom. The van der Waals surface area contributed by atoms with Crippen molar-refractivity contribution in [1.82, 2.24) is 19.3 Å². The maximum absolute atomic E-state index is 6.68. The van der Waals surface area contributed by atoms with E-state index >= 15 is 0 Å². The van der Waals surface area contributed by atoms with Crippen LogP contribution in [0.15, 0.2) is 91.1 Å². The Balaban J connectivity index is 0.00000464. The van der Waals surface area contributed by atoms with E-state index in [1.807, 2.05) is 29.1 Å². The van der Waals surface area contributed by atoms with E-state index < -0.39 is 0 Å². The van der Waals surface area contributed by atoms with E-state index in [9.17, 15) is 0 Å². The molecule has 7 aromatic rings. The normalized spacial score (nSPS) is 11.7. The van der Waals surface area contributed by atoms with Gasteiger partial charge < -0.3 is 9.30 Å². The van der Waals surface area contributed by atoms with E-state index in [1.165, 1.54) is 29.4 Å². The zero-order valence-corrected chi connectivity index (χ0v) is 33.7. The summed E-state index contributed by atoms with van der Waals surface area (Å²) < 4.78 is 10.9. The Hall–Kier alpha value is -4.47. The smallest absolute Gasteiger partial charge is 0.509 e. The summed E-state index contributed by atoms with van der Waals surface area (Å²) in [5, 5.41) is 7.34. The van der Waals surface area contributed by atoms with Crippen LogP contribution in [0.3, 0.4) is 0 Å². The standard InChI is InChI=1S/C46H48N4O.Pt/c1-8-9-11-14-35-26-37(50-33(4)45(32(3)48-50)36-15-12-10-13-16-36)29-39(27-35)51-38-18-19-40-41-28-34(21-23-46(5,6)7)17-20-42(41)49(43(40)30-38)44-25-31(2)22-24-47-44;/h10,12-13,15-20,22,24-28H,8-9,11,14,21,23H2,1-7H3;/q-2;+2. The molecule has 0 aliphatic rings. The molecule has 0 amide bonds. The van der Waals surface area contributed by atoms with Crippen LogP contribution in [0.25, 0.3) is 44.4 Å². The van der Waals surface area contributed by atoms with Gasteiger partial charge in [-0.3, -0.25) is 4.68 Å². The van der Waals surface area contributed by atoms with Crippen molar-refractivity contribution in [2.45, 2.75) is 87.0 Å². The van der Waals surface area contributed by atoms with Crippen molar-refractivity contribution in [3.63, 3.8) is 0 Å². The van der Waals surface area contributed by atoms with Crippen LogP contribution in [0.2, 0.25) is 0 Å². The van der Waals surface area contributed by atoms with Crippen molar-refractivity contribution in [2.75, 3.05) is 0 Å². The van der Waals surface area contributed by atoms with E-state index in [-0.39, 0.29) is 26.5 Å². The fourth-order valence-corrected chi connectivity index (χ4v) is 7.08. The maximum Gasteiger partial charge on any atom is 2.00 e. The first kappa shape index (κ1) is 37.3. The Bertz CT molecular complexity index is 2330. The van der Waals surface area contributed by atoms with Gasteiger partial charge in [0.25, 0.3) is 0 Å². The van der Waals surface area contributed by atoms with Crippen molar-refractivity contribution in [3.05, 3.63) is 131 Å². The summed E-state index contributed by atoms with van der Waals surface area (Å²) >= 11 is 0. The third-order valence-electron chi connectivity index (χ3n) is 9.77. The van der Waals surface area contributed by atoms with E-state index in [0.29, 0.717) is 11.5 Å². The second kappa shape index (κ2) is 15.6. The van der Waals surface area contributed by atoms with Crippen LogP contribution in [-0.2, 0) is 33.9 Å². The van der Waals surface area contributed by atoms with Crippen LogP contribution in [0.1, 0.15) is 81.5 Å². The Morgan fingerprint density at radius 1 is 0.769 bits per heavy atom. The number of fused-ring (bicyclic) bond motifs is 3. The van der Waals surface area contributed by atoms with Gasteiger partial charge in [-0.2, -0.15) is 16.7 Å². The van der Waals surface area contributed by atoms with Crippen molar-refractivity contribution >= 4 is 21.8 Å². The van der Waals surface area contributed by atoms with Crippen LogP contribution < -0.4 is 4.74 Å². The minimum atomic E-state index is 0. The second-order valence-corrected chi connectivity index (χ2v) is 15.1. The van der Waals surface area contributed by atoms with Gasteiger partial charge in [0.2, 0.25) is 0 Å². The SMILES string of the molecule is CCCCCc1cc(Oc2[c-]c3c(cc2)c2cc(CCC(C)(C)C)ccc2n3-c2cc(C)ccn2)[c-]c(-n2nc(C)c(-c3ccccc3)c2C)c1.[Pt+2]. The van der Waals surface area contributed by atoms with Gasteiger partial charge >= 0.3 is 21.1 Å². The number of pyridine rings is 1. The zero-order chi connectivity index (χ0) is 35.7. The number of rotatable bonds is 11. The van der Waals surface area contributed by atoms with E-state index in [4.69, 9.17) is 14.8 Å². The molecule has 3 heterocycles. The molecule has 0 radical (unpaired) electrons. The first-order chi connectivity index (χ1) is 24.6. The molecule has 7 rings (SSSR count). The predicted molar refractivity (Wildman–Crippen MR) is 211 cm³/mol. The molecule has 52 heavy (non-hydrogen) atoms. The first-order valence-electron chi connectivity index (χ1n) is 18.4. The minimum Gasteiger partial charge on any atom is -0.509 e. The number of hydrogen-bond donors (Lipinski definition) is 0. The molecule has 0 N–H and O–H groups in total. The minimum absolute atomic E-state index is 0. The van der Waals surface area contributed by atoms with E-state index in [0.717, 1.165) is 81.7 Å². The summed E-state index contributed by atoms with van der Waals surface area (Å²) in [7, 11) is 0. The Kier molecular flexibility index (Phi) is 11.2. The summed E-state index contributed by atoms with van der Waals surface area (Å²) in [5.74, 6) is 2.17. The number of hydrogen-bond acceptors (Lipinski definition) is 3. The molecule has 0 unspecified atom stereocenters. The Morgan fingerprint density at radius 2 is 1.58 bits per heavy atom. The molecule has 6 heteroatoms. The monoisotopic (exact) mass is 867 g/mol. The summed E-state index contributed by atoms with van der Waals surface area (Å²) in [6.07, 6.45) is 8.47. The summed E-state index contributed by atoms with van der Waals surface area (Å²) in [6.45, 7) is 15.5. The second-order valence-electron chi connectivity index (χ2n) is 15.1. The van der Waals surface area contributed by atoms with Gasteiger partial charge in [0.15, 0.2) is 0 Å².